The normalized spacial score (nSPS) is 28.3. The molecule has 1 N–H and O–H groups in total. The third-order valence-electron chi connectivity index (χ3n) is 3.93. The smallest absolute Gasteiger partial charge is 0.159 e. The lowest BCUT2D eigenvalue weighted by Crippen LogP contribution is -2.37. The summed E-state index contributed by atoms with van der Waals surface area (Å²) in [5.74, 6) is 0.0410. The number of ketones is 1. The van der Waals surface area contributed by atoms with Crippen molar-refractivity contribution >= 4 is 11.5 Å². The summed E-state index contributed by atoms with van der Waals surface area (Å²) in [4.78, 5) is 11.8. The zero-order chi connectivity index (χ0) is 13.9. The zero-order valence-corrected chi connectivity index (χ0v) is 11.4. The zero-order valence-electron chi connectivity index (χ0n) is 11.4. The number of allylic oxidation sites excluding steroid dienone is 1. The second kappa shape index (κ2) is 5.94. The molecule has 0 radical (unpaired) electrons. The maximum Gasteiger partial charge on any atom is 0.159 e. The van der Waals surface area contributed by atoms with Crippen LogP contribution in [0.15, 0.2) is 12.2 Å². The third kappa shape index (κ3) is 2.78. The van der Waals surface area contributed by atoms with E-state index in [-0.39, 0.29) is 18.7 Å². The third-order valence-corrected chi connectivity index (χ3v) is 3.93. The van der Waals surface area contributed by atoms with Gasteiger partial charge in [-0.1, -0.05) is 6.58 Å². The first-order valence-electron chi connectivity index (χ1n) is 6.71. The highest BCUT2D eigenvalue weighted by Gasteiger charge is 2.47. The molecule has 1 aliphatic heterocycles. The predicted octanol–water partition coefficient (Wildman–Crippen LogP) is 1.71. The van der Waals surface area contributed by atoms with Crippen molar-refractivity contribution in [3.05, 3.63) is 12.2 Å². The van der Waals surface area contributed by atoms with Crippen molar-refractivity contribution in [2.75, 3.05) is 26.4 Å². The molecule has 2 aliphatic rings. The first-order valence-corrected chi connectivity index (χ1v) is 6.71. The van der Waals surface area contributed by atoms with E-state index in [4.69, 9.17) is 19.6 Å². The molecule has 5 nitrogen and oxygen atoms in total. The first-order chi connectivity index (χ1) is 9.10. The molecule has 1 saturated carbocycles. The summed E-state index contributed by atoms with van der Waals surface area (Å²) in [5.41, 5.74) is 0.280. The lowest BCUT2D eigenvalue weighted by atomic mass is 9.75. The molecule has 0 spiro atoms. The predicted molar refractivity (Wildman–Crippen MR) is 70.3 cm³/mol. The monoisotopic (exact) mass is 267 g/mol. The molecule has 0 aromatic carbocycles. The van der Waals surface area contributed by atoms with Crippen LogP contribution in [0.4, 0.5) is 0 Å². The van der Waals surface area contributed by atoms with Crippen molar-refractivity contribution in [2.24, 2.45) is 5.41 Å². The quantitative estimate of drug-likeness (QED) is 0.587. The average Bonchev–Trinajstić information content (AvgIpc) is 3.00. The minimum atomic E-state index is -0.638. The highest BCUT2D eigenvalue weighted by Crippen LogP contribution is 2.45. The Morgan fingerprint density at radius 1 is 1.53 bits per heavy atom. The van der Waals surface area contributed by atoms with Crippen LogP contribution in [0.2, 0.25) is 0 Å². The Kier molecular flexibility index (Phi) is 4.50. The van der Waals surface area contributed by atoms with Crippen molar-refractivity contribution in [1.29, 1.82) is 5.41 Å². The van der Waals surface area contributed by atoms with Gasteiger partial charge in [-0.15, -0.1) is 0 Å². The highest BCUT2D eigenvalue weighted by molar-refractivity contribution is 6.08. The Hall–Kier alpha value is -1.04. The van der Waals surface area contributed by atoms with Gasteiger partial charge in [0.15, 0.2) is 12.1 Å². The summed E-state index contributed by atoms with van der Waals surface area (Å²) >= 11 is 0. The van der Waals surface area contributed by atoms with Crippen molar-refractivity contribution < 1.29 is 19.0 Å². The first kappa shape index (κ1) is 14.4. The number of ether oxygens (including phenoxy) is 3. The maximum absolute atomic E-state index is 11.8. The summed E-state index contributed by atoms with van der Waals surface area (Å²) in [6, 6.07) is 0. The Morgan fingerprint density at radius 2 is 2.21 bits per heavy atom. The summed E-state index contributed by atoms with van der Waals surface area (Å²) in [6.45, 7) is 7.71. The summed E-state index contributed by atoms with van der Waals surface area (Å²) in [5, 5.41) is 8.27. The number of nitrogens with one attached hydrogen (secondary N) is 1. The number of carbonyl (C=O) groups is 1. The number of hydrogen-bond acceptors (Lipinski definition) is 5. The molecule has 0 amide bonds. The van der Waals surface area contributed by atoms with E-state index in [9.17, 15) is 4.79 Å². The molecule has 0 aromatic heterocycles. The fraction of sp³-hybridized carbons (Fsp3) is 0.714. The van der Waals surface area contributed by atoms with Gasteiger partial charge in [-0.2, -0.15) is 0 Å². The Balaban J connectivity index is 2.15. The van der Waals surface area contributed by atoms with Crippen LogP contribution in [0.1, 0.15) is 26.2 Å². The van der Waals surface area contributed by atoms with Crippen LogP contribution in [-0.2, 0) is 19.0 Å². The Labute approximate surface area is 113 Å². The average molecular weight is 267 g/mol. The van der Waals surface area contributed by atoms with Crippen LogP contribution >= 0.6 is 0 Å². The van der Waals surface area contributed by atoms with Crippen LogP contribution in [0.5, 0.6) is 0 Å². The minimum absolute atomic E-state index is 0.0410. The molecule has 19 heavy (non-hydrogen) atoms. The molecule has 0 aromatic rings. The van der Waals surface area contributed by atoms with Crippen molar-refractivity contribution in [2.45, 2.75) is 32.5 Å². The van der Waals surface area contributed by atoms with Crippen LogP contribution in [0.3, 0.4) is 0 Å². The topological polar surface area (TPSA) is 68.6 Å². The number of hydrogen-bond donors (Lipinski definition) is 1. The van der Waals surface area contributed by atoms with Gasteiger partial charge in [-0.25, -0.2) is 0 Å². The van der Waals surface area contributed by atoms with Gasteiger partial charge in [-0.05, 0) is 13.3 Å². The highest BCUT2D eigenvalue weighted by atomic mass is 16.7. The number of rotatable bonds is 6. The van der Waals surface area contributed by atoms with Crippen LogP contribution in [-0.4, -0.2) is 44.2 Å². The number of Topliss-reactive ketones (excluding diaryl/α,β-unsaturated/α-hetero) is 1. The maximum atomic E-state index is 11.8. The van der Waals surface area contributed by atoms with Crippen molar-refractivity contribution in [3.63, 3.8) is 0 Å². The molecule has 1 heterocycles. The minimum Gasteiger partial charge on any atom is -0.376 e. The van der Waals surface area contributed by atoms with Gasteiger partial charge >= 0.3 is 0 Å². The van der Waals surface area contributed by atoms with E-state index in [1.807, 2.05) is 6.92 Å². The van der Waals surface area contributed by atoms with E-state index in [2.05, 4.69) is 6.58 Å². The lowest BCUT2D eigenvalue weighted by Gasteiger charge is -2.32. The second-order valence-electron chi connectivity index (χ2n) is 4.97. The molecular formula is C14H21NO4. The van der Waals surface area contributed by atoms with Crippen LogP contribution < -0.4 is 0 Å². The van der Waals surface area contributed by atoms with E-state index >= 15 is 0 Å². The molecule has 1 atom stereocenters. The van der Waals surface area contributed by atoms with E-state index in [1.165, 1.54) is 0 Å². The Bertz CT molecular complexity index is 387. The molecule has 2 fully saturated rings. The van der Waals surface area contributed by atoms with Crippen LogP contribution in [0.25, 0.3) is 0 Å². The van der Waals surface area contributed by atoms with E-state index < -0.39 is 5.41 Å². The fourth-order valence-electron chi connectivity index (χ4n) is 2.73. The van der Waals surface area contributed by atoms with Gasteiger partial charge in [-0.3, -0.25) is 4.79 Å². The van der Waals surface area contributed by atoms with Crippen LogP contribution in [0, 0.1) is 10.8 Å². The van der Waals surface area contributed by atoms with Gasteiger partial charge in [0.25, 0.3) is 0 Å². The Morgan fingerprint density at radius 3 is 2.74 bits per heavy atom. The summed E-state index contributed by atoms with van der Waals surface area (Å²) in [6.07, 6.45) is 1.20. The summed E-state index contributed by atoms with van der Waals surface area (Å²) < 4.78 is 16.3. The molecule has 106 valence electrons. The van der Waals surface area contributed by atoms with E-state index in [0.717, 1.165) is 0 Å². The van der Waals surface area contributed by atoms with Gasteiger partial charge in [0.05, 0.1) is 19.8 Å². The number of carbonyl (C=O) groups excluding carboxylic acids is 1. The molecule has 1 saturated heterocycles. The second-order valence-corrected chi connectivity index (χ2v) is 4.97. The summed E-state index contributed by atoms with van der Waals surface area (Å²) in [7, 11) is 0. The van der Waals surface area contributed by atoms with Crippen molar-refractivity contribution in [1.82, 2.24) is 0 Å². The lowest BCUT2D eigenvalue weighted by molar-refractivity contribution is -0.114. The van der Waals surface area contributed by atoms with Gasteiger partial charge in [0, 0.05) is 36.1 Å². The molecular weight excluding hydrogens is 246 g/mol. The molecule has 0 unspecified atom stereocenters. The van der Waals surface area contributed by atoms with Gasteiger partial charge in [0.2, 0.25) is 0 Å². The fourth-order valence-corrected chi connectivity index (χ4v) is 2.73. The molecule has 1 aliphatic carbocycles. The SMILES string of the molecule is C=C1C(=O)CC[C@@]1(CC1OCCO1)C(=N)COCC. The standard InChI is InChI=1S/C14H21NO4/c1-3-17-9-12(15)14(5-4-11(16)10(14)2)8-13-18-6-7-19-13/h13,15H,2-9H2,1H3/t14-/m0/s1. The molecule has 0 bridgehead atoms. The largest absolute Gasteiger partial charge is 0.376 e. The van der Waals surface area contributed by atoms with Gasteiger partial charge < -0.3 is 19.6 Å². The molecule has 5 heteroatoms. The van der Waals surface area contributed by atoms with E-state index in [0.29, 0.717) is 50.4 Å². The van der Waals surface area contributed by atoms with Gasteiger partial charge in [0.1, 0.15) is 0 Å². The van der Waals surface area contributed by atoms with Crippen molar-refractivity contribution in [3.8, 4) is 0 Å². The van der Waals surface area contributed by atoms with E-state index in [1.54, 1.807) is 0 Å². The molecule has 2 rings (SSSR count).